The molecular formula is C31H42N2O4. The summed E-state index contributed by atoms with van der Waals surface area (Å²) in [6, 6.07) is 8.17. The second-order valence-corrected chi connectivity index (χ2v) is 9.41. The minimum atomic E-state index is -0.372. The Morgan fingerprint density at radius 1 is 0.892 bits per heavy atom. The number of hydrogen-bond donors (Lipinski definition) is 0. The van der Waals surface area contributed by atoms with E-state index in [9.17, 15) is 9.59 Å². The number of nitrogens with zero attached hydrogens (tertiary/aromatic N) is 2. The summed E-state index contributed by atoms with van der Waals surface area (Å²) in [6.07, 6.45) is 19.5. The van der Waals surface area contributed by atoms with E-state index in [0.717, 1.165) is 56.9 Å². The van der Waals surface area contributed by atoms with E-state index in [1.165, 1.54) is 37.3 Å². The van der Waals surface area contributed by atoms with Crippen molar-refractivity contribution in [2.75, 3.05) is 0 Å². The van der Waals surface area contributed by atoms with E-state index in [1.54, 1.807) is 12.4 Å². The summed E-state index contributed by atoms with van der Waals surface area (Å²) in [7, 11) is 0. The minimum absolute atomic E-state index is 0.0975. The molecule has 0 N–H and O–H groups in total. The molecule has 0 saturated heterocycles. The summed E-state index contributed by atoms with van der Waals surface area (Å²) in [4.78, 5) is 32.0. The lowest BCUT2D eigenvalue weighted by Gasteiger charge is -2.11. The highest BCUT2D eigenvalue weighted by atomic mass is 16.5. The van der Waals surface area contributed by atoms with Gasteiger partial charge in [-0.3, -0.25) is 4.79 Å². The number of carbonyl (C=O) groups excluding carboxylic acids is 2. The van der Waals surface area contributed by atoms with Gasteiger partial charge in [-0.15, -0.1) is 6.58 Å². The molecule has 0 aliphatic rings. The fourth-order valence-corrected chi connectivity index (χ4v) is 4.03. The van der Waals surface area contributed by atoms with Gasteiger partial charge in [0.1, 0.15) is 0 Å². The summed E-state index contributed by atoms with van der Waals surface area (Å²) in [5.74, 6) is 0.362. The van der Waals surface area contributed by atoms with Gasteiger partial charge in [0, 0.05) is 18.1 Å². The average molecular weight is 507 g/mol. The maximum Gasteiger partial charge on any atom is 0.330 e. The van der Waals surface area contributed by atoms with Crippen LogP contribution in [0.3, 0.4) is 0 Å². The van der Waals surface area contributed by atoms with E-state index in [2.05, 4.69) is 35.3 Å². The normalized spacial score (nSPS) is 11.5. The molecule has 0 spiro atoms. The molecular weight excluding hydrogens is 464 g/mol. The first-order chi connectivity index (χ1) is 18.0. The molecule has 1 unspecified atom stereocenters. The molecule has 0 aliphatic carbocycles. The number of rotatable bonds is 19. The molecule has 1 atom stereocenters. The van der Waals surface area contributed by atoms with Crippen LogP contribution in [-0.2, 0) is 20.7 Å². The van der Waals surface area contributed by atoms with E-state index in [1.807, 2.05) is 25.1 Å². The number of carbonyl (C=O) groups is 2. The molecule has 0 aliphatic heterocycles. The van der Waals surface area contributed by atoms with Gasteiger partial charge < -0.3 is 9.47 Å². The SMILES string of the molecule is C=CCCCCCCCCCC(=O)Oc1cnc(-c2ccc(CCCCC(C)OC(=O)C=C)cc2)nc1. The fourth-order valence-electron chi connectivity index (χ4n) is 4.03. The van der Waals surface area contributed by atoms with Crippen LogP contribution in [0.1, 0.15) is 89.5 Å². The van der Waals surface area contributed by atoms with Crippen LogP contribution in [0.4, 0.5) is 0 Å². The summed E-state index contributed by atoms with van der Waals surface area (Å²) in [6.45, 7) is 9.06. The Kier molecular flexibility index (Phi) is 14.6. The standard InChI is InChI=1S/C31H42N2O4/c1-4-6-7-8-9-10-11-12-13-18-30(35)37-28-23-32-31(33-24-28)27-21-19-26(20-22-27)17-15-14-16-25(3)36-29(34)5-2/h4-5,19-25H,1-2,6-18H2,3H3. The Morgan fingerprint density at radius 3 is 2.19 bits per heavy atom. The van der Waals surface area contributed by atoms with Crippen molar-refractivity contribution in [1.29, 1.82) is 0 Å². The maximum absolute atomic E-state index is 12.1. The van der Waals surface area contributed by atoms with E-state index < -0.39 is 0 Å². The third-order valence-electron chi connectivity index (χ3n) is 6.17. The van der Waals surface area contributed by atoms with E-state index >= 15 is 0 Å². The van der Waals surface area contributed by atoms with Crippen molar-refractivity contribution in [1.82, 2.24) is 9.97 Å². The highest BCUT2D eigenvalue weighted by Crippen LogP contribution is 2.19. The number of hydrogen-bond acceptors (Lipinski definition) is 6. The van der Waals surface area contributed by atoms with Crippen molar-refractivity contribution in [3.63, 3.8) is 0 Å². The van der Waals surface area contributed by atoms with Crippen molar-refractivity contribution >= 4 is 11.9 Å². The van der Waals surface area contributed by atoms with Gasteiger partial charge in [0.05, 0.1) is 18.5 Å². The Morgan fingerprint density at radius 2 is 1.54 bits per heavy atom. The van der Waals surface area contributed by atoms with Gasteiger partial charge in [-0.25, -0.2) is 14.8 Å². The molecule has 0 radical (unpaired) electrons. The number of benzene rings is 1. The topological polar surface area (TPSA) is 78.4 Å². The lowest BCUT2D eigenvalue weighted by molar-refractivity contribution is -0.142. The Hall–Kier alpha value is -3.28. The zero-order valence-corrected chi connectivity index (χ0v) is 22.3. The molecule has 1 heterocycles. The molecule has 6 nitrogen and oxygen atoms in total. The molecule has 200 valence electrons. The molecule has 2 aromatic rings. The predicted molar refractivity (Wildman–Crippen MR) is 148 cm³/mol. The first-order valence-electron chi connectivity index (χ1n) is 13.6. The largest absolute Gasteiger partial charge is 0.460 e. The number of aromatic nitrogens is 2. The van der Waals surface area contributed by atoms with E-state index in [0.29, 0.717) is 18.0 Å². The van der Waals surface area contributed by atoms with Gasteiger partial charge in [-0.2, -0.15) is 0 Å². The van der Waals surface area contributed by atoms with Gasteiger partial charge in [-0.05, 0) is 57.4 Å². The molecule has 0 saturated carbocycles. The lowest BCUT2D eigenvalue weighted by Crippen LogP contribution is -2.12. The molecule has 6 heteroatoms. The molecule has 2 rings (SSSR count). The van der Waals surface area contributed by atoms with Crippen LogP contribution in [-0.4, -0.2) is 28.0 Å². The van der Waals surface area contributed by atoms with Crippen molar-refractivity contribution in [3.05, 3.63) is 67.5 Å². The molecule has 0 amide bonds. The van der Waals surface area contributed by atoms with Crippen LogP contribution in [0.15, 0.2) is 62.0 Å². The molecule has 1 aromatic carbocycles. The Labute approximate surface area is 222 Å². The van der Waals surface area contributed by atoms with Gasteiger partial charge in [0.2, 0.25) is 0 Å². The molecule has 0 fully saturated rings. The average Bonchev–Trinajstić information content (AvgIpc) is 2.91. The third-order valence-corrected chi connectivity index (χ3v) is 6.17. The molecule has 0 bridgehead atoms. The van der Waals surface area contributed by atoms with Crippen LogP contribution in [0, 0.1) is 0 Å². The van der Waals surface area contributed by atoms with Gasteiger partial charge in [-0.1, -0.05) is 69.0 Å². The van der Waals surface area contributed by atoms with E-state index in [-0.39, 0.29) is 18.0 Å². The summed E-state index contributed by atoms with van der Waals surface area (Å²) in [5, 5.41) is 0. The summed E-state index contributed by atoms with van der Waals surface area (Å²) < 4.78 is 10.6. The second-order valence-electron chi connectivity index (χ2n) is 9.41. The molecule has 1 aromatic heterocycles. The van der Waals surface area contributed by atoms with Crippen LogP contribution >= 0.6 is 0 Å². The quantitative estimate of drug-likeness (QED) is 0.0846. The number of allylic oxidation sites excluding steroid dienone is 1. The monoisotopic (exact) mass is 506 g/mol. The van der Waals surface area contributed by atoms with E-state index in [4.69, 9.17) is 9.47 Å². The first kappa shape index (κ1) is 29.9. The maximum atomic E-state index is 12.1. The minimum Gasteiger partial charge on any atom is -0.460 e. The number of ether oxygens (including phenoxy) is 2. The lowest BCUT2D eigenvalue weighted by atomic mass is 10.0. The van der Waals surface area contributed by atoms with Crippen LogP contribution in [0.25, 0.3) is 11.4 Å². The van der Waals surface area contributed by atoms with Crippen LogP contribution in [0.2, 0.25) is 0 Å². The van der Waals surface area contributed by atoms with Crippen molar-refractivity contribution in [2.24, 2.45) is 0 Å². The van der Waals surface area contributed by atoms with Crippen molar-refractivity contribution in [2.45, 2.75) is 96.5 Å². The highest BCUT2D eigenvalue weighted by molar-refractivity contribution is 5.81. The molecule has 37 heavy (non-hydrogen) atoms. The van der Waals surface area contributed by atoms with Crippen molar-refractivity contribution in [3.8, 4) is 17.1 Å². The van der Waals surface area contributed by atoms with Gasteiger partial charge in [0.15, 0.2) is 11.6 Å². The Balaban J connectivity index is 1.65. The zero-order valence-electron chi connectivity index (χ0n) is 22.3. The predicted octanol–water partition coefficient (Wildman–Crippen LogP) is 7.58. The smallest absolute Gasteiger partial charge is 0.330 e. The fraction of sp³-hybridized carbons (Fsp3) is 0.484. The van der Waals surface area contributed by atoms with Crippen molar-refractivity contribution < 1.29 is 19.1 Å². The number of unbranched alkanes of at least 4 members (excludes halogenated alkanes) is 8. The van der Waals surface area contributed by atoms with Crippen LogP contribution < -0.4 is 4.74 Å². The van der Waals surface area contributed by atoms with Crippen LogP contribution in [0.5, 0.6) is 5.75 Å². The third kappa shape index (κ3) is 13.0. The first-order valence-corrected chi connectivity index (χ1v) is 13.6. The van der Waals surface area contributed by atoms with Gasteiger partial charge in [0.25, 0.3) is 0 Å². The number of esters is 2. The highest BCUT2D eigenvalue weighted by Gasteiger charge is 2.08. The zero-order chi connectivity index (χ0) is 26.7. The van der Waals surface area contributed by atoms with Gasteiger partial charge >= 0.3 is 11.9 Å². The second kappa shape index (κ2) is 18.0. The Bertz CT molecular complexity index is 954. The summed E-state index contributed by atoms with van der Waals surface area (Å²) in [5.41, 5.74) is 2.15. The number of aryl methyl sites for hydroxylation is 1. The summed E-state index contributed by atoms with van der Waals surface area (Å²) >= 11 is 0.